The molecule has 0 saturated heterocycles. The predicted molar refractivity (Wildman–Crippen MR) is 114 cm³/mol. The normalized spacial score (nSPS) is 15.4. The van der Waals surface area contributed by atoms with Gasteiger partial charge >= 0.3 is 5.76 Å². The molecule has 2 aromatic carbocycles. The number of fused-ring (bicyclic) bond motifs is 1. The Balaban J connectivity index is 1.41. The topological polar surface area (TPSA) is 50.4 Å². The fraction of sp³-hybridized carbons (Fsp3) is 0.435. The van der Waals surface area contributed by atoms with Gasteiger partial charge in [-0.1, -0.05) is 49.6 Å². The molecule has 5 heteroatoms. The van der Waals surface area contributed by atoms with E-state index in [1.54, 1.807) is 4.57 Å². The molecule has 0 amide bonds. The Labute approximate surface area is 166 Å². The summed E-state index contributed by atoms with van der Waals surface area (Å²) < 4.78 is 7.01. The lowest BCUT2D eigenvalue weighted by atomic mass is 9.94. The standard InChI is InChI=1S/C23H29N3O2/c1-25(19-10-3-2-4-11-19)17-18-9-5-6-12-20(18)24-15-16-26-21-13-7-8-14-22(21)28-23(26)27/h5-9,12-14,19,24H,2-4,10-11,15-17H2,1H3. The molecule has 148 valence electrons. The molecular weight excluding hydrogens is 350 g/mol. The molecule has 3 aromatic rings. The third-order valence-electron chi connectivity index (χ3n) is 5.86. The van der Waals surface area contributed by atoms with E-state index in [0.29, 0.717) is 24.7 Å². The van der Waals surface area contributed by atoms with Crippen molar-refractivity contribution in [2.45, 2.75) is 51.2 Å². The number of hydrogen-bond acceptors (Lipinski definition) is 4. The van der Waals surface area contributed by atoms with Crippen LogP contribution in [0.15, 0.2) is 57.7 Å². The van der Waals surface area contributed by atoms with Gasteiger partial charge in [-0.15, -0.1) is 0 Å². The number of nitrogens with one attached hydrogen (secondary N) is 1. The zero-order valence-electron chi connectivity index (χ0n) is 16.6. The zero-order valence-corrected chi connectivity index (χ0v) is 16.6. The minimum Gasteiger partial charge on any atom is -0.408 e. The van der Waals surface area contributed by atoms with Crippen LogP contribution in [0.2, 0.25) is 0 Å². The molecule has 1 saturated carbocycles. The van der Waals surface area contributed by atoms with Crippen LogP contribution in [0.5, 0.6) is 0 Å². The van der Waals surface area contributed by atoms with Crippen molar-refractivity contribution in [1.82, 2.24) is 9.47 Å². The van der Waals surface area contributed by atoms with E-state index in [4.69, 9.17) is 4.42 Å². The highest BCUT2D eigenvalue weighted by Gasteiger charge is 2.18. The van der Waals surface area contributed by atoms with Crippen LogP contribution < -0.4 is 11.1 Å². The summed E-state index contributed by atoms with van der Waals surface area (Å²) in [6.07, 6.45) is 6.69. The van der Waals surface area contributed by atoms with Gasteiger partial charge in [0.2, 0.25) is 0 Å². The molecule has 0 bridgehead atoms. The van der Waals surface area contributed by atoms with Crippen molar-refractivity contribution >= 4 is 16.8 Å². The third kappa shape index (κ3) is 4.14. The summed E-state index contributed by atoms with van der Waals surface area (Å²) in [4.78, 5) is 14.6. The van der Waals surface area contributed by atoms with Crippen LogP contribution in [0.4, 0.5) is 5.69 Å². The lowest BCUT2D eigenvalue weighted by molar-refractivity contribution is 0.185. The maximum Gasteiger partial charge on any atom is 0.420 e. The Morgan fingerprint density at radius 2 is 1.82 bits per heavy atom. The van der Waals surface area contributed by atoms with Gasteiger partial charge in [-0.25, -0.2) is 4.79 Å². The first kappa shape index (κ1) is 18.8. The molecule has 0 aliphatic heterocycles. The second-order valence-corrected chi connectivity index (χ2v) is 7.78. The van der Waals surface area contributed by atoms with Crippen LogP contribution in [0.3, 0.4) is 0 Å². The lowest BCUT2D eigenvalue weighted by Gasteiger charge is -2.31. The molecule has 0 atom stereocenters. The lowest BCUT2D eigenvalue weighted by Crippen LogP contribution is -2.33. The minimum atomic E-state index is -0.298. The maximum atomic E-state index is 12.1. The van der Waals surface area contributed by atoms with E-state index in [1.165, 1.54) is 37.7 Å². The van der Waals surface area contributed by atoms with E-state index < -0.39 is 0 Å². The first-order valence-corrected chi connectivity index (χ1v) is 10.3. The Morgan fingerprint density at radius 3 is 2.68 bits per heavy atom. The van der Waals surface area contributed by atoms with Crippen molar-refractivity contribution in [3.05, 3.63) is 64.6 Å². The monoisotopic (exact) mass is 379 g/mol. The first-order valence-electron chi connectivity index (χ1n) is 10.3. The highest BCUT2D eigenvalue weighted by atomic mass is 16.4. The largest absolute Gasteiger partial charge is 0.420 e. The predicted octanol–water partition coefficient (Wildman–Crippen LogP) is 4.47. The van der Waals surface area contributed by atoms with Gasteiger partial charge in [-0.05, 0) is 43.7 Å². The average Bonchev–Trinajstić information content (AvgIpc) is 3.05. The maximum absolute atomic E-state index is 12.1. The Hall–Kier alpha value is -2.53. The number of benzene rings is 2. The van der Waals surface area contributed by atoms with E-state index >= 15 is 0 Å². The molecule has 0 spiro atoms. The molecule has 1 aliphatic carbocycles. The molecule has 1 aliphatic rings. The Kier molecular flexibility index (Phi) is 5.81. The van der Waals surface area contributed by atoms with E-state index in [1.807, 2.05) is 24.3 Å². The van der Waals surface area contributed by atoms with Crippen LogP contribution in [-0.4, -0.2) is 29.1 Å². The van der Waals surface area contributed by atoms with Gasteiger partial charge in [0.05, 0.1) is 5.52 Å². The van der Waals surface area contributed by atoms with Gasteiger partial charge in [0, 0.05) is 31.4 Å². The highest BCUT2D eigenvalue weighted by molar-refractivity contribution is 5.72. The quantitative estimate of drug-likeness (QED) is 0.658. The molecule has 5 nitrogen and oxygen atoms in total. The average molecular weight is 380 g/mol. The van der Waals surface area contributed by atoms with Gasteiger partial charge in [0.15, 0.2) is 5.58 Å². The summed E-state index contributed by atoms with van der Waals surface area (Å²) in [7, 11) is 2.24. The number of rotatable bonds is 7. The van der Waals surface area contributed by atoms with Crippen molar-refractivity contribution in [3.63, 3.8) is 0 Å². The van der Waals surface area contributed by atoms with Crippen molar-refractivity contribution in [3.8, 4) is 0 Å². The fourth-order valence-electron chi connectivity index (χ4n) is 4.28. The van der Waals surface area contributed by atoms with Gasteiger partial charge in [-0.2, -0.15) is 0 Å². The molecule has 1 N–H and O–H groups in total. The Bertz CT molecular complexity index is 969. The number of hydrogen-bond donors (Lipinski definition) is 1. The smallest absolute Gasteiger partial charge is 0.408 e. The fourth-order valence-corrected chi connectivity index (χ4v) is 4.28. The van der Waals surface area contributed by atoms with E-state index in [9.17, 15) is 4.79 Å². The molecular formula is C23H29N3O2. The van der Waals surface area contributed by atoms with Gasteiger partial charge in [0.1, 0.15) is 0 Å². The van der Waals surface area contributed by atoms with E-state index in [0.717, 1.165) is 17.7 Å². The number of para-hydroxylation sites is 3. The summed E-state index contributed by atoms with van der Waals surface area (Å²) in [6, 6.07) is 16.7. The van der Waals surface area contributed by atoms with E-state index in [-0.39, 0.29) is 5.76 Å². The van der Waals surface area contributed by atoms with Gasteiger partial charge in [0.25, 0.3) is 0 Å². The number of aromatic nitrogens is 1. The molecule has 1 fully saturated rings. The SMILES string of the molecule is CN(Cc1ccccc1NCCn1c(=O)oc2ccccc21)C1CCCCC1. The van der Waals surface area contributed by atoms with Crippen molar-refractivity contribution < 1.29 is 4.42 Å². The Morgan fingerprint density at radius 1 is 1.07 bits per heavy atom. The second kappa shape index (κ2) is 8.65. The number of oxazole rings is 1. The zero-order chi connectivity index (χ0) is 19.3. The van der Waals surface area contributed by atoms with Crippen molar-refractivity contribution in [1.29, 1.82) is 0 Å². The van der Waals surface area contributed by atoms with Crippen molar-refractivity contribution in [2.75, 3.05) is 18.9 Å². The van der Waals surface area contributed by atoms with Gasteiger partial charge < -0.3 is 9.73 Å². The summed E-state index contributed by atoms with van der Waals surface area (Å²) in [5, 5.41) is 3.52. The molecule has 4 rings (SSSR count). The van der Waals surface area contributed by atoms with Crippen LogP contribution in [-0.2, 0) is 13.1 Å². The van der Waals surface area contributed by atoms with Crippen LogP contribution in [0, 0.1) is 0 Å². The summed E-state index contributed by atoms with van der Waals surface area (Å²) >= 11 is 0. The first-order chi connectivity index (χ1) is 13.7. The minimum absolute atomic E-state index is 0.298. The molecule has 1 heterocycles. The highest BCUT2D eigenvalue weighted by Crippen LogP contribution is 2.25. The summed E-state index contributed by atoms with van der Waals surface area (Å²) in [5.41, 5.74) is 3.94. The second-order valence-electron chi connectivity index (χ2n) is 7.78. The summed E-state index contributed by atoms with van der Waals surface area (Å²) in [6.45, 7) is 2.19. The van der Waals surface area contributed by atoms with Gasteiger partial charge in [-0.3, -0.25) is 9.47 Å². The molecule has 0 radical (unpaired) electrons. The van der Waals surface area contributed by atoms with Crippen LogP contribution in [0.1, 0.15) is 37.7 Å². The molecule has 28 heavy (non-hydrogen) atoms. The third-order valence-corrected chi connectivity index (χ3v) is 5.86. The van der Waals surface area contributed by atoms with Crippen LogP contribution >= 0.6 is 0 Å². The molecule has 1 aromatic heterocycles. The summed E-state index contributed by atoms with van der Waals surface area (Å²) in [5.74, 6) is -0.298. The van der Waals surface area contributed by atoms with Crippen molar-refractivity contribution in [2.24, 2.45) is 0 Å². The number of nitrogens with zero attached hydrogens (tertiary/aromatic N) is 2. The molecule has 0 unspecified atom stereocenters. The number of anilines is 1. The van der Waals surface area contributed by atoms with Crippen LogP contribution in [0.25, 0.3) is 11.1 Å². The van der Waals surface area contributed by atoms with E-state index in [2.05, 4.69) is 41.5 Å².